The second kappa shape index (κ2) is 8.61. The second-order valence-corrected chi connectivity index (χ2v) is 5.64. The molecule has 6 nitrogen and oxygen atoms in total. The van der Waals surface area contributed by atoms with E-state index >= 15 is 0 Å². The van der Waals surface area contributed by atoms with Crippen LogP contribution in [0, 0.1) is 0 Å². The number of ether oxygens (including phenoxy) is 3. The first-order valence-corrected chi connectivity index (χ1v) is 7.80. The van der Waals surface area contributed by atoms with E-state index in [2.05, 4.69) is 10.2 Å². The first-order chi connectivity index (χ1) is 11.6. The van der Waals surface area contributed by atoms with Crippen LogP contribution in [0.2, 0.25) is 0 Å². The van der Waals surface area contributed by atoms with Gasteiger partial charge in [-0.2, -0.15) is 0 Å². The third kappa shape index (κ3) is 4.21. The number of nitrogens with one attached hydrogen (secondary N) is 1. The van der Waals surface area contributed by atoms with Gasteiger partial charge in [0.25, 0.3) is 0 Å². The van der Waals surface area contributed by atoms with E-state index in [1.807, 2.05) is 38.4 Å². The fraction of sp³-hybridized carbons (Fsp3) is 0.444. The van der Waals surface area contributed by atoms with Crippen molar-refractivity contribution in [3.63, 3.8) is 0 Å². The van der Waals surface area contributed by atoms with Gasteiger partial charge >= 0.3 is 0 Å². The largest absolute Gasteiger partial charge is 0.496 e. The molecule has 1 aromatic heterocycles. The van der Waals surface area contributed by atoms with E-state index in [0.717, 1.165) is 29.4 Å². The molecule has 0 bridgehead atoms. The van der Waals surface area contributed by atoms with Crippen LogP contribution in [0.25, 0.3) is 0 Å². The molecule has 0 spiro atoms. The Hall–Kier alpha value is -2.18. The molecule has 0 aliphatic carbocycles. The summed E-state index contributed by atoms with van der Waals surface area (Å²) in [6, 6.07) is 7.75. The molecule has 1 atom stereocenters. The van der Waals surface area contributed by atoms with E-state index in [9.17, 15) is 0 Å². The maximum atomic E-state index is 5.53. The molecule has 0 aliphatic rings. The van der Waals surface area contributed by atoms with Crippen molar-refractivity contribution in [2.45, 2.75) is 12.6 Å². The molecular weight excluding hydrogens is 308 g/mol. The molecule has 6 heteroatoms. The highest BCUT2D eigenvalue weighted by Gasteiger charge is 2.18. The number of furan rings is 1. The van der Waals surface area contributed by atoms with Crippen LogP contribution in [0.15, 0.2) is 34.9 Å². The van der Waals surface area contributed by atoms with Crippen molar-refractivity contribution in [2.75, 3.05) is 42.0 Å². The van der Waals surface area contributed by atoms with Crippen LogP contribution in [0.1, 0.15) is 17.4 Å². The third-order valence-corrected chi connectivity index (χ3v) is 3.95. The number of benzene rings is 1. The monoisotopic (exact) mass is 334 g/mol. The van der Waals surface area contributed by atoms with Crippen molar-refractivity contribution in [2.24, 2.45) is 0 Å². The van der Waals surface area contributed by atoms with Crippen molar-refractivity contribution >= 4 is 0 Å². The smallest absolute Gasteiger partial charge is 0.130 e. The fourth-order valence-electron chi connectivity index (χ4n) is 2.60. The van der Waals surface area contributed by atoms with E-state index in [4.69, 9.17) is 18.6 Å². The second-order valence-electron chi connectivity index (χ2n) is 5.64. The number of likely N-dealkylation sites (N-methyl/N-ethyl adjacent to an activating group) is 1. The first-order valence-electron chi connectivity index (χ1n) is 7.80. The minimum atomic E-state index is 0.148. The molecule has 1 unspecified atom stereocenters. The minimum Gasteiger partial charge on any atom is -0.496 e. The van der Waals surface area contributed by atoms with Gasteiger partial charge in [0.15, 0.2) is 0 Å². The van der Waals surface area contributed by atoms with E-state index in [1.165, 1.54) is 0 Å². The third-order valence-electron chi connectivity index (χ3n) is 3.95. The minimum absolute atomic E-state index is 0.148. The molecule has 0 fully saturated rings. The Morgan fingerprint density at radius 2 is 1.75 bits per heavy atom. The van der Waals surface area contributed by atoms with Gasteiger partial charge in [-0.05, 0) is 26.2 Å². The van der Waals surface area contributed by atoms with Gasteiger partial charge in [0, 0.05) is 25.2 Å². The quantitative estimate of drug-likeness (QED) is 0.761. The molecule has 0 saturated heterocycles. The zero-order chi connectivity index (χ0) is 17.5. The molecule has 2 rings (SSSR count). The maximum absolute atomic E-state index is 5.53. The predicted molar refractivity (Wildman–Crippen MR) is 92.9 cm³/mol. The van der Waals surface area contributed by atoms with Gasteiger partial charge in [0.05, 0.1) is 39.2 Å². The Bertz CT molecular complexity index is 601. The van der Waals surface area contributed by atoms with E-state index in [0.29, 0.717) is 12.3 Å². The van der Waals surface area contributed by atoms with Crippen molar-refractivity contribution in [3.8, 4) is 17.2 Å². The van der Waals surface area contributed by atoms with Gasteiger partial charge in [-0.15, -0.1) is 0 Å². The van der Waals surface area contributed by atoms with Crippen molar-refractivity contribution in [1.29, 1.82) is 0 Å². The summed E-state index contributed by atoms with van der Waals surface area (Å²) in [6.07, 6.45) is 1.70. The van der Waals surface area contributed by atoms with E-state index in [-0.39, 0.29) is 6.04 Å². The number of rotatable bonds is 9. The summed E-state index contributed by atoms with van der Waals surface area (Å²) in [5.41, 5.74) is 0.956. The van der Waals surface area contributed by atoms with E-state index in [1.54, 1.807) is 27.6 Å². The standard InChI is InChI=1S/C18H26N2O4/c1-20(2)15(16-7-6-8-24-16)12-19-11-14-17(22-4)9-13(21-3)10-18(14)23-5/h6-10,15,19H,11-12H2,1-5H3. The van der Waals surface area contributed by atoms with Gasteiger partial charge < -0.3 is 23.9 Å². The average Bonchev–Trinajstić information content (AvgIpc) is 3.11. The number of hydrogen-bond acceptors (Lipinski definition) is 6. The number of hydrogen-bond donors (Lipinski definition) is 1. The summed E-state index contributed by atoms with van der Waals surface area (Å²) in [5.74, 6) is 3.10. The first kappa shape index (κ1) is 18.2. The maximum Gasteiger partial charge on any atom is 0.130 e. The SMILES string of the molecule is COc1cc(OC)c(CNCC(c2ccco2)N(C)C)c(OC)c1. The molecule has 0 amide bonds. The fourth-order valence-corrected chi connectivity index (χ4v) is 2.60. The lowest BCUT2D eigenvalue weighted by Gasteiger charge is -2.23. The summed E-state index contributed by atoms with van der Waals surface area (Å²) in [7, 11) is 8.97. The molecule has 1 aromatic carbocycles. The lowest BCUT2D eigenvalue weighted by molar-refractivity contribution is 0.249. The molecule has 0 aliphatic heterocycles. The highest BCUT2D eigenvalue weighted by molar-refractivity contribution is 5.50. The normalized spacial score (nSPS) is 12.2. The summed E-state index contributed by atoms with van der Waals surface area (Å²) in [5, 5.41) is 3.46. The van der Waals surface area contributed by atoms with Crippen LogP contribution >= 0.6 is 0 Å². The van der Waals surface area contributed by atoms with Gasteiger partial charge in [-0.1, -0.05) is 0 Å². The summed E-state index contributed by atoms with van der Waals surface area (Å²) < 4.78 is 21.8. The summed E-state index contributed by atoms with van der Waals surface area (Å²) >= 11 is 0. The molecule has 0 saturated carbocycles. The molecule has 1 N–H and O–H groups in total. The zero-order valence-electron chi connectivity index (χ0n) is 15.0. The Kier molecular flexibility index (Phi) is 6.52. The topological polar surface area (TPSA) is 56.1 Å². The molecule has 0 radical (unpaired) electrons. The Morgan fingerprint density at radius 3 is 2.21 bits per heavy atom. The van der Waals surface area contributed by atoms with Crippen molar-refractivity contribution in [1.82, 2.24) is 10.2 Å². The molecule has 2 aromatic rings. The van der Waals surface area contributed by atoms with Crippen molar-refractivity contribution < 1.29 is 18.6 Å². The Morgan fingerprint density at radius 1 is 1.08 bits per heavy atom. The Labute approximate surface area is 143 Å². The van der Waals surface area contributed by atoms with Gasteiger partial charge in [0.1, 0.15) is 23.0 Å². The highest BCUT2D eigenvalue weighted by atomic mass is 16.5. The van der Waals surface area contributed by atoms with Crippen LogP contribution in [-0.2, 0) is 6.54 Å². The molecule has 24 heavy (non-hydrogen) atoms. The van der Waals surface area contributed by atoms with Crippen LogP contribution in [0.4, 0.5) is 0 Å². The molecular formula is C18H26N2O4. The number of methoxy groups -OCH3 is 3. The van der Waals surface area contributed by atoms with Gasteiger partial charge in [-0.3, -0.25) is 4.90 Å². The lowest BCUT2D eigenvalue weighted by Crippen LogP contribution is -2.30. The average molecular weight is 334 g/mol. The van der Waals surface area contributed by atoms with Crippen LogP contribution in [-0.4, -0.2) is 46.9 Å². The molecule has 1 heterocycles. The zero-order valence-corrected chi connectivity index (χ0v) is 15.0. The van der Waals surface area contributed by atoms with E-state index < -0.39 is 0 Å². The summed E-state index contributed by atoms with van der Waals surface area (Å²) in [4.78, 5) is 2.12. The summed E-state index contributed by atoms with van der Waals surface area (Å²) in [6.45, 7) is 1.35. The predicted octanol–water partition coefficient (Wildman–Crippen LogP) is 2.70. The lowest BCUT2D eigenvalue weighted by atomic mass is 10.1. The molecule has 132 valence electrons. The Balaban J connectivity index is 2.10. The van der Waals surface area contributed by atoms with Crippen LogP contribution in [0.5, 0.6) is 17.2 Å². The van der Waals surface area contributed by atoms with Gasteiger partial charge in [0.2, 0.25) is 0 Å². The number of nitrogens with zero attached hydrogens (tertiary/aromatic N) is 1. The van der Waals surface area contributed by atoms with Crippen molar-refractivity contribution in [3.05, 3.63) is 41.9 Å². The highest BCUT2D eigenvalue weighted by Crippen LogP contribution is 2.34. The van der Waals surface area contributed by atoms with Crippen LogP contribution < -0.4 is 19.5 Å². The van der Waals surface area contributed by atoms with Crippen LogP contribution in [0.3, 0.4) is 0 Å². The van der Waals surface area contributed by atoms with Gasteiger partial charge in [-0.25, -0.2) is 0 Å².